The number of carboxylic acid groups (broad SMARTS) is 1. The highest BCUT2D eigenvalue weighted by molar-refractivity contribution is 6.00. The van der Waals surface area contributed by atoms with Gasteiger partial charge in [0.05, 0.1) is 11.7 Å². The van der Waals surface area contributed by atoms with Crippen LogP contribution in [0.15, 0.2) is 24.3 Å². The zero-order chi connectivity index (χ0) is 19.2. The van der Waals surface area contributed by atoms with Gasteiger partial charge in [0.25, 0.3) is 5.91 Å². The molecule has 6 nitrogen and oxygen atoms in total. The summed E-state index contributed by atoms with van der Waals surface area (Å²) in [6.07, 6.45) is -4.71. The largest absolute Gasteiger partial charge is 0.480 e. The first-order valence-corrected chi connectivity index (χ1v) is 7.86. The third-order valence-electron chi connectivity index (χ3n) is 4.73. The molecule has 0 radical (unpaired) electrons. The number of amides is 1. The molecule has 1 fully saturated rings. The number of aryl methyl sites for hydroxylation is 1. The van der Waals surface area contributed by atoms with E-state index in [-0.39, 0.29) is 24.0 Å². The van der Waals surface area contributed by atoms with E-state index in [0.29, 0.717) is 5.52 Å². The zero-order valence-corrected chi connectivity index (χ0v) is 14.1. The number of rotatable bonds is 3. The van der Waals surface area contributed by atoms with Gasteiger partial charge in [0, 0.05) is 38.0 Å². The summed E-state index contributed by atoms with van der Waals surface area (Å²) in [4.78, 5) is 25.5. The SMILES string of the molecule is COC1CC(C(=O)O)N(C(=O)c2cc3cc(C(F)(F)F)ccc3n2C)C1. The minimum atomic E-state index is -4.48. The topological polar surface area (TPSA) is 71.8 Å². The van der Waals surface area contributed by atoms with Crippen LogP contribution in [0.4, 0.5) is 13.2 Å². The monoisotopic (exact) mass is 370 g/mol. The number of nitrogens with zero attached hydrogens (tertiary/aromatic N) is 2. The van der Waals surface area contributed by atoms with E-state index in [9.17, 15) is 27.9 Å². The predicted octanol–water partition coefficient (Wildman–Crippen LogP) is 2.51. The molecule has 0 aliphatic carbocycles. The first-order chi connectivity index (χ1) is 12.1. The van der Waals surface area contributed by atoms with Crippen molar-refractivity contribution in [1.82, 2.24) is 9.47 Å². The van der Waals surface area contributed by atoms with Crippen molar-refractivity contribution in [3.8, 4) is 0 Å². The number of halogens is 3. The van der Waals surface area contributed by atoms with Crippen LogP contribution in [-0.2, 0) is 22.8 Å². The van der Waals surface area contributed by atoms with Crippen molar-refractivity contribution in [2.24, 2.45) is 7.05 Å². The molecule has 0 saturated carbocycles. The highest BCUT2D eigenvalue weighted by Crippen LogP contribution is 2.33. The number of carboxylic acids is 1. The summed E-state index contributed by atoms with van der Waals surface area (Å²) in [5.41, 5.74) is -0.225. The second-order valence-corrected chi connectivity index (χ2v) is 6.26. The fourth-order valence-electron chi connectivity index (χ4n) is 3.30. The fraction of sp³-hybridized carbons (Fsp3) is 0.412. The Hall–Kier alpha value is -2.55. The van der Waals surface area contributed by atoms with Crippen molar-refractivity contribution in [3.63, 3.8) is 0 Å². The fourth-order valence-corrected chi connectivity index (χ4v) is 3.30. The molecule has 1 aromatic heterocycles. The Morgan fingerprint density at radius 2 is 1.96 bits per heavy atom. The predicted molar refractivity (Wildman–Crippen MR) is 85.8 cm³/mol. The van der Waals surface area contributed by atoms with Crippen LogP contribution >= 0.6 is 0 Å². The van der Waals surface area contributed by atoms with Gasteiger partial charge in [0.2, 0.25) is 0 Å². The average molecular weight is 370 g/mol. The lowest BCUT2D eigenvalue weighted by molar-refractivity contribution is -0.141. The average Bonchev–Trinajstić information content (AvgIpc) is 3.15. The van der Waals surface area contributed by atoms with Crippen LogP contribution in [0.1, 0.15) is 22.5 Å². The number of hydrogen-bond acceptors (Lipinski definition) is 3. The van der Waals surface area contributed by atoms with Gasteiger partial charge in [-0.2, -0.15) is 13.2 Å². The Bertz CT molecular complexity index is 875. The Labute approximate surface area is 146 Å². The number of hydrogen-bond donors (Lipinski definition) is 1. The molecule has 1 N–H and O–H groups in total. The van der Waals surface area contributed by atoms with Crippen LogP contribution in [0.25, 0.3) is 10.9 Å². The van der Waals surface area contributed by atoms with Crippen LogP contribution in [0.3, 0.4) is 0 Å². The number of aliphatic carboxylic acids is 1. The van der Waals surface area contributed by atoms with E-state index in [1.807, 2.05) is 0 Å². The van der Waals surface area contributed by atoms with Crippen LogP contribution in [-0.4, -0.2) is 52.3 Å². The smallest absolute Gasteiger partial charge is 0.416 e. The highest BCUT2D eigenvalue weighted by Gasteiger charge is 2.41. The van der Waals surface area contributed by atoms with Gasteiger partial charge in [-0.15, -0.1) is 0 Å². The number of likely N-dealkylation sites (tertiary alicyclic amines) is 1. The first kappa shape index (κ1) is 18.2. The van der Waals surface area contributed by atoms with Gasteiger partial charge in [0.1, 0.15) is 11.7 Å². The lowest BCUT2D eigenvalue weighted by Crippen LogP contribution is -2.41. The van der Waals surface area contributed by atoms with Gasteiger partial charge in [-0.1, -0.05) is 0 Å². The van der Waals surface area contributed by atoms with Crippen LogP contribution in [0.5, 0.6) is 0 Å². The molecule has 140 valence electrons. The molecule has 26 heavy (non-hydrogen) atoms. The van der Waals surface area contributed by atoms with Gasteiger partial charge in [-0.3, -0.25) is 4.79 Å². The van der Waals surface area contributed by atoms with Gasteiger partial charge >= 0.3 is 12.1 Å². The third kappa shape index (κ3) is 3.03. The normalized spacial score (nSPS) is 20.7. The molecule has 1 amide bonds. The highest BCUT2D eigenvalue weighted by atomic mass is 19.4. The zero-order valence-electron chi connectivity index (χ0n) is 14.1. The number of carbonyl (C=O) groups is 2. The lowest BCUT2D eigenvalue weighted by Gasteiger charge is -2.21. The summed E-state index contributed by atoms with van der Waals surface area (Å²) < 4.78 is 45.3. The van der Waals surface area contributed by atoms with E-state index in [4.69, 9.17) is 4.74 Å². The van der Waals surface area contributed by atoms with E-state index in [1.165, 1.54) is 28.7 Å². The molecule has 1 aliphatic heterocycles. The first-order valence-electron chi connectivity index (χ1n) is 7.86. The molecule has 2 aromatic rings. The summed E-state index contributed by atoms with van der Waals surface area (Å²) in [6.45, 7) is 0.113. The summed E-state index contributed by atoms with van der Waals surface area (Å²) in [6, 6.07) is 3.55. The van der Waals surface area contributed by atoms with E-state index in [1.54, 1.807) is 7.05 Å². The number of aromatic nitrogens is 1. The van der Waals surface area contributed by atoms with Crippen LogP contribution < -0.4 is 0 Å². The minimum Gasteiger partial charge on any atom is -0.480 e. The summed E-state index contributed by atoms with van der Waals surface area (Å²) in [7, 11) is 3.00. The molecule has 0 spiro atoms. The summed E-state index contributed by atoms with van der Waals surface area (Å²) in [5.74, 6) is -1.69. The molecule has 2 atom stereocenters. The Balaban J connectivity index is 2.00. The van der Waals surface area contributed by atoms with Crippen molar-refractivity contribution in [3.05, 3.63) is 35.5 Å². The number of methoxy groups -OCH3 is 1. The van der Waals surface area contributed by atoms with E-state index < -0.39 is 35.8 Å². The molecule has 1 saturated heterocycles. The quantitative estimate of drug-likeness (QED) is 0.901. The molecular formula is C17H17F3N2O4. The molecule has 9 heteroatoms. The number of carbonyl (C=O) groups excluding carboxylic acids is 1. The van der Waals surface area contributed by atoms with Crippen molar-refractivity contribution in [2.75, 3.05) is 13.7 Å². The van der Waals surface area contributed by atoms with Crippen molar-refractivity contribution >= 4 is 22.8 Å². The second kappa shape index (κ2) is 6.31. The molecule has 0 bridgehead atoms. The lowest BCUT2D eigenvalue weighted by atomic mass is 10.1. The summed E-state index contributed by atoms with van der Waals surface area (Å²) >= 11 is 0. The van der Waals surface area contributed by atoms with Gasteiger partial charge in [-0.25, -0.2) is 4.79 Å². The number of ether oxygens (including phenoxy) is 1. The third-order valence-corrected chi connectivity index (χ3v) is 4.73. The van der Waals surface area contributed by atoms with Crippen LogP contribution in [0, 0.1) is 0 Å². The second-order valence-electron chi connectivity index (χ2n) is 6.26. The Kier molecular flexibility index (Phi) is 4.43. The van der Waals surface area contributed by atoms with Gasteiger partial charge in [0.15, 0.2) is 0 Å². The molecular weight excluding hydrogens is 353 g/mol. The van der Waals surface area contributed by atoms with Crippen LogP contribution in [0.2, 0.25) is 0 Å². The standard InChI is InChI=1S/C17H17F3N2O4/c1-21-12-4-3-10(17(18,19)20)5-9(12)6-13(21)15(23)22-8-11(26-2)7-14(22)16(24)25/h3-6,11,14H,7-8H2,1-2H3,(H,24,25). The van der Waals surface area contributed by atoms with Crippen molar-refractivity contribution < 1.29 is 32.6 Å². The Morgan fingerprint density at radius 3 is 2.54 bits per heavy atom. The number of alkyl halides is 3. The maximum absolute atomic E-state index is 12.9. The maximum Gasteiger partial charge on any atom is 0.416 e. The van der Waals surface area contributed by atoms with Crippen molar-refractivity contribution in [2.45, 2.75) is 24.7 Å². The molecule has 3 rings (SSSR count). The van der Waals surface area contributed by atoms with E-state index in [0.717, 1.165) is 12.1 Å². The van der Waals surface area contributed by atoms with Gasteiger partial charge < -0.3 is 19.3 Å². The Morgan fingerprint density at radius 1 is 1.27 bits per heavy atom. The van der Waals surface area contributed by atoms with E-state index in [2.05, 4.69) is 0 Å². The number of benzene rings is 1. The molecule has 2 heterocycles. The summed E-state index contributed by atoms with van der Waals surface area (Å²) in [5, 5.41) is 9.61. The molecule has 1 aliphatic rings. The maximum atomic E-state index is 12.9. The van der Waals surface area contributed by atoms with E-state index >= 15 is 0 Å². The molecule has 2 unspecified atom stereocenters. The minimum absolute atomic E-state index is 0.113. The van der Waals surface area contributed by atoms with Gasteiger partial charge in [-0.05, 0) is 24.3 Å². The molecule has 1 aromatic carbocycles. The number of fused-ring (bicyclic) bond motifs is 1. The van der Waals surface area contributed by atoms with Crippen molar-refractivity contribution in [1.29, 1.82) is 0 Å².